The maximum atomic E-state index is 10.9. The highest BCUT2D eigenvalue weighted by molar-refractivity contribution is 9.10. The van der Waals surface area contributed by atoms with Crippen LogP contribution in [0.2, 0.25) is 0 Å². The fourth-order valence-corrected chi connectivity index (χ4v) is 1.12. The van der Waals surface area contributed by atoms with Crippen molar-refractivity contribution in [2.24, 2.45) is 5.84 Å². The number of hydrazine groups is 1. The number of rotatable bonds is 1. The Bertz CT molecular complexity index is 314. The number of amides is 1. The Morgan fingerprint density at radius 1 is 1.58 bits per heavy atom. The Kier molecular flexibility index (Phi) is 2.67. The number of nitrogens with two attached hydrogens (primary N) is 1. The first-order valence-electron chi connectivity index (χ1n) is 3.14. The summed E-state index contributed by atoms with van der Waals surface area (Å²) in [6, 6.07) is 4.54. The lowest BCUT2D eigenvalue weighted by molar-refractivity contribution is 0.0951. The average Bonchev–Trinajstić information content (AvgIpc) is 2.03. The number of benzene rings is 1. The molecule has 0 aromatic heterocycles. The first-order chi connectivity index (χ1) is 5.65. The molecular weight excluding hydrogens is 224 g/mol. The predicted octanol–water partition coefficient (Wildman–Crippen LogP) is 0.758. The molecule has 0 saturated carbocycles. The van der Waals surface area contributed by atoms with Crippen molar-refractivity contribution < 1.29 is 9.90 Å². The van der Waals surface area contributed by atoms with Crippen LogP contribution in [0.15, 0.2) is 22.7 Å². The number of hydrogen-bond donors (Lipinski definition) is 3. The highest BCUT2D eigenvalue weighted by atomic mass is 79.9. The molecule has 0 saturated heterocycles. The number of carbonyl (C=O) groups excluding carboxylic acids is 1. The van der Waals surface area contributed by atoms with Crippen molar-refractivity contribution >= 4 is 21.8 Å². The second-order valence-electron chi connectivity index (χ2n) is 2.13. The third kappa shape index (κ3) is 1.75. The first kappa shape index (κ1) is 9.02. The number of halogens is 1. The summed E-state index contributed by atoms with van der Waals surface area (Å²) in [5.41, 5.74) is 2.08. The lowest BCUT2D eigenvalue weighted by atomic mass is 10.2. The van der Waals surface area contributed by atoms with E-state index in [2.05, 4.69) is 15.9 Å². The molecule has 64 valence electrons. The minimum atomic E-state index is -0.514. The van der Waals surface area contributed by atoms with Crippen LogP contribution in [0.4, 0.5) is 0 Å². The van der Waals surface area contributed by atoms with Gasteiger partial charge in [0.1, 0.15) is 5.75 Å². The molecule has 1 rings (SSSR count). The van der Waals surface area contributed by atoms with Crippen LogP contribution >= 0.6 is 15.9 Å². The van der Waals surface area contributed by atoms with E-state index in [-0.39, 0.29) is 11.3 Å². The highest BCUT2D eigenvalue weighted by Crippen LogP contribution is 2.21. The normalized spacial score (nSPS) is 9.50. The van der Waals surface area contributed by atoms with Gasteiger partial charge in [-0.2, -0.15) is 0 Å². The van der Waals surface area contributed by atoms with Crippen LogP contribution in [-0.2, 0) is 0 Å². The second-order valence-corrected chi connectivity index (χ2v) is 3.05. The van der Waals surface area contributed by atoms with Gasteiger partial charge in [0.05, 0.1) is 5.56 Å². The van der Waals surface area contributed by atoms with E-state index in [0.29, 0.717) is 4.47 Å². The van der Waals surface area contributed by atoms with E-state index < -0.39 is 5.91 Å². The van der Waals surface area contributed by atoms with E-state index in [9.17, 15) is 9.90 Å². The van der Waals surface area contributed by atoms with Gasteiger partial charge < -0.3 is 5.11 Å². The fraction of sp³-hybridized carbons (Fsp3) is 0. The molecule has 4 nitrogen and oxygen atoms in total. The first-order valence-corrected chi connectivity index (χ1v) is 3.94. The van der Waals surface area contributed by atoms with Crippen LogP contribution in [0.1, 0.15) is 10.4 Å². The third-order valence-corrected chi connectivity index (χ3v) is 1.83. The standard InChI is InChI=1S/C7H7BrN2O2/c8-4-1-2-5(6(11)3-4)7(12)10-9/h1-3,11H,9H2,(H,10,12). The van der Waals surface area contributed by atoms with E-state index in [1.165, 1.54) is 12.1 Å². The van der Waals surface area contributed by atoms with Gasteiger partial charge in [0.25, 0.3) is 5.91 Å². The maximum absolute atomic E-state index is 10.9. The van der Waals surface area contributed by atoms with Crippen LogP contribution in [0.5, 0.6) is 5.75 Å². The fourth-order valence-electron chi connectivity index (χ4n) is 0.775. The van der Waals surface area contributed by atoms with Crippen molar-refractivity contribution in [3.05, 3.63) is 28.2 Å². The lowest BCUT2D eigenvalue weighted by Crippen LogP contribution is -2.29. The molecule has 1 amide bonds. The number of phenols is 1. The molecule has 0 aliphatic heterocycles. The summed E-state index contributed by atoms with van der Waals surface area (Å²) in [5, 5.41) is 9.25. The molecule has 0 spiro atoms. The van der Waals surface area contributed by atoms with Crippen molar-refractivity contribution in [3.63, 3.8) is 0 Å². The monoisotopic (exact) mass is 230 g/mol. The van der Waals surface area contributed by atoms with Crippen LogP contribution in [0.25, 0.3) is 0 Å². The largest absolute Gasteiger partial charge is 0.507 e. The summed E-state index contributed by atoms with van der Waals surface area (Å²) in [4.78, 5) is 10.9. The van der Waals surface area contributed by atoms with Gasteiger partial charge in [-0.15, -0.1) is 0 Å². The van der Waals surface area contributed by atoms with E-state index in [4.69, 9.17) is 5.84 Å². The SMILES string of the molecule is NNC(=O)c1ccc(Br)cc1O. The summed E-state index contributed by atoms with van der Waals surface area (Å²) in [6.07, 6.45) is 0. The van der Waals surface area contributed by atoms with E-state index >= 15 is 0 Å². The Morgan fingerprint density at radius 3 is 2.75 bits per heavy atom. The molecule has 0 aliphatic carbocycles. The molecule has 0 heterocycles. The Morgan fingerprint density at radius 2 is 2.25 bits per heavy atom. The summed E-state index contributed by atoms with van der Waals surface area (Å²) in [5.74, 6) is 4.27. The Labute approximate surface area is 77.5 Å². The molecule has 0 fully saturated rings. The minimum absolute atomic E-state index is 0.104. The van der Waals surface area contributed by atoms with Gasteiger partial charge in [-0.3, -0.25) is 10.2 Å². The molecule has 1 aromatic carbocycles. The third-order valence-electron chi connectivity index (χ3n) is 1.34. The van der Waals surface area contributed by atoms with Gasteiger partial charge >= 0.3 is 0 Å². The molecule has 0 radical (unpaired) electrons. The van der Waals surface area contributed by atoms with Crippen molar-refractivity contribution in [2.45, 2.75) is 0 Å². The molecule has 0 bridgehead atoms. The van der Waals surface area contributed by atoms with Gasteiger partial charge in [0.15, 0.2) is 0 Å². The van der Waals surface area contributed by atoms with Crippen molar-refractivity contribution in [1.29, 1.82) is 0 Å². The Hall–Kier alpha value is -1.07. The smallest absolute Gasteiger partial charge is 0.268 e. The van der Waals surface area contributed by atoms with Crippen LogP contribution in [0.3, 0.4) is 0 Å². The van der Waals surface area contributed by atoms with Crippen LogP contribution < -0.4 is 11.3 Å². The molecular formula is C7H7BrN2O2. The predicted molar refractivity (Wildman–Crippen MR) is 47.5 cm³/mol. The topological polar surface area (TPSA) is 75.3 Å². The van der Waals surface area contributed by atoms with Gasteiger partial charge in [0, 0.05) is 4.47 Å². The van der Waals surface area contributed by atoms with Gasteiger partial charge in [0.2, 0.25) is 0 Å². The number of nitrogen functional groups attached to an aromatic ring is 1. The summed E-state index contributed by atoms with van der Waals surface area (Å²) >= 11 is 3.14. The van der Waals surface area contributed by atoms with Crippen molar-refractivity contribution in [1.82, 2.24) is 5.43 Å². The highest BCUT2D eigenvalue weighted by Gasteiger charge is 2.08. The van der Waals surface area contributed by atoms with Gasteiger partial charge in [-0.25, -0.2) is 5.84 Å². The zero-order chi connectivity index (χ0) is 9.14. The number of hydrogen-bond acceptors (Lipinski definition) is 3. The van der Waals surface area contributed by atoms with Crippen LogP contribution in [0, 0.1) is 0 Å². The number of aromatic hydroxyl groups is 1. The quantitative estimate of drug-likeness (QED) is 0.379. The molecule has 0 atom stereocenters. The van der Waals surface area contributed by atoms with Gasteiger partial charge in [-0.05, 0) is 18.2 Å². The molecule has 5 heteroatoms. The van der Waals surface area contributed by atoms with Gasteiger partial charge in [-0.1, -0.05) is 15.9 Å². The van der Waals surface area contributed by atoms with E-state index in [0.717, 1.165) is 0 Å². The zero-order valence-electron chi connectivity index (χ0n) is 6.04. The molecule has 12 heavy (non-hydrogen) atoms. The molecule has 0 aliphatic rings. The summed E-state index contributed by atoms with van der Waals surface area (Å²) in [7, 11) is 0. The maximum Gasteiger partial charge on any atom is 0.268 e. The van der Waals surface area contributed by atoms with Crippen molar-refractivity contribution in [2.75, 3.05) is 0 Å². The molecule has 1 aromatic rings. The van der Waals surface area contributed by atoms with Crippen LogP contribution in [-0.4, -0.2) is 11.0 Å². The zero-order valence-corrected chi connectivity index (χ0v) is 7.63. The van der Waals surface area contributed by atoms with E-state index in [1.54, 1.807) is 6.07 Å². The molecule has 0 unspecified atom stereocenters. The minimum Gasteiger partial charge on any atom is -0.507 e. The summed E-state index contributed by atoms with van der Waals surface area (Å²) < 4.78 is 0.702. The number of carbonyl (C=O) groups is 1. The number of phenolic OH excluding ortho intramolecular Hbond substituents is 1. The van der Waals surface area contributed by atoms with E-state index in [1.807, 2.05) is 5.43 Å². The number of nitrogens with one attached hydrogen (secondary N) is 1. The average molecular weight is 231 g/mol. The lowest BCUT2D eigenvalue weighted by Gasteiger charge is -2.02. The summed E-state index contributed by atoms with van der Waals surface area (Å²) in [6.45, 7) is 0. The molecule has 4 N–H and O–H groups in total. The second kappa shape index (κ2) is 3.55. The van der Waals surface area contributed by atoms with Crippen molar-refractivity contribution in [3.8, 4) is 5.75 Å². The Balaban J connectivity index is 3.09.